The molecule has 0 unspecified atom stereocenters. The standard InChI is InChI=1S/C11H6BrClN2O2/c12-7-5-6(1-2-8(7)13)10-14-4-3-9(15-10)11(16)17/h1-5H,(H,16,17). The zero-order valence-electron chi connectivity index (χ0n) is 8.39. The number of rotatable bonds is 2. The van der Waals surface area contributed by atoms with Crippen LogP contribution in [0, 0.1) is 0 Å². The Morgan fingerprint density at radius 2 is 2.12 bits per heavy atom. The lowest BCUT2D eigenvalue weighted by molar-refractivity contribution is 0.0690. The van der Waals surface area contributed by atoms with Gasteiger partial charge < -0.3 is 5.11 Å². The van der Waals surface area contributed by atoms with Gasteiger partial charge in [0.25, 0.3) is 0 Å². The first-order valence-corrected chi connectivity index (χ1v) is 5.77. The summed E-state index contributed by atoms with van der Waals surface area (Å²) in [5.74, 6) is -0.732. The summed E-state index contributed by atoms with van der Waals surface area (Å²) in [6.45, 7) is 0. The van der Waals surface area contributed by atoms with Crippen molar-refractivity contribution in [1.82, 2.24) is 9.97 Å². The predicted octanol–water partition coefficient (Wildman–Crippen LogP) is 3.26. The lowest BCUT2D eigenvalue weighted by atomic mass is 10.2. The molecule has 0 saturated carbocycles. The first-order valence-electron chi connectivity index (χ1n) is 4.59. The second-order valence-corrected chi connectivity index (χ2v) is 4.46. The van der Waals surface area contributed by atoms with E-state index < -0.39 is 5.97 Å². The van der Waals surface area contributed by atoms with Crippen LogP contribution in [-0.2, 0) is 0 Å². The summed E-state index contributed by atoms with van der Waals surface area (Å²) in [6.07, 6.45) is 1.41. The highest BCUT2D eigenvalue weighted by Crippen LogP contribution is 2.27. The number of aromatic nitrogens is 2. The van der Waals surface area contributed by atoms with E-state index in [1.54, 1.807) is 18.2 Å². The summed E-state index contributed by atoms with van der Waals surface area (Å²) >= 11 is 9.15. The molecule has 0 aliphatic heterocycles. The highest BCUT2D eigenvalue weighted by atomic mass is 79.9. The Balaban J connectivity index is 2.49. The summed E-state index contributed by atoms with van der Waals surface area (Å²) in [4.78, 5) is 18.7. The molecule has 0 aliphatic rings. The zero-order chi connectivity index (χ0) is 12.4. The van der Waals surface area contributed by atoms with Crippen LogP contribution in [0.15, 0.2) is 34.9 Å². The Morgan fingerprint density at radius 3 is 2.76 bits per heavy atom. The molecule has 1 aromatic carbocycles. The molecule has 0 radical (unpaired) electrons. The average Bonchev–Trinajstić information content (AvgIpc) is 2.33. The molecular formula is C11H6BrClN2O2. The van der Waals surface area contributed by atoms with Gasteiger partial charge in [-0.15, -0.1) is 0 Å². The van der Waals surface area contributed by atoms with Crippen molar-refractivity contribution in [2.75, 3.05) is 0 Å². The fraction of sp³-hybridized carbons (Fsp3) is 0. The van der Waals surface area contributed by atoms with Crippen molar-refractivity contribution in [2.24, 2.45) is 0 Å². The molecule has 1 N–H and O–H groups in total. The maximum absolute atomic E-state index is 10.8. The number of carboxylic acids is 1. The molecule has 6 heteroatoms. The fourth-order valence-electron chi connectivity index (χ4n) is 1.25. The molecule has 0 atom stereocenters. The first kappa shape index (κ1) is 12.0. The van der Waals surface area contributed by atoms with Crippen LogP contribution in [0.1, 0.15) is 10.5 Å². The number of carbonyl (C=O) groups is 1. The second kappa shape index (κ2) is 4.81. The minimum absolute atomic E-state index is 0.0407. The normalized spacial score (nSPS) is 10.2. The summed E-state index contributed by atoms with van der Waals surface area (Å²) in [6, 6.07) is 6.51. The third-order valence-corrected chi connectivity index (χ3v) is 3.27. The Labute approximate surface area is 110 Å². The van der Waals surface area contributed by atoms with E-state index in [-0.39, 0.29) is 5.69 Å². The topological polar surface area (TPSA) is 63.1 Å². The molecule has 1 aromatic heterocycles. The van der Waals surface area contributed by atoms with Gasteiger partial charge in [-0.2, -0.15) is 0 Å². The quantitative estimate of drug-likeness (QED) is 0.924. The molecular weight excluding hydrogens is 307 g/mol. The van der Waals surface area contributed by atoms with Crippen LogP contribution in [0.4, 0.5) is 0 Å². The van der Waals surface area contributed by atoms with E-state index in [1.165, 1.54) is 12.3 Å². The van der Waals surface area contributed by atoms with Gasteiger partial charge in [-0.1, -0.05) is 11.6 Å². The molecule has 0 spiro atoms. The van der Waals surface area contributed by atoms with Crippen LogP contribution in [0.3, 0.4) is 0 Å². The van der Waals surface area contributed by atoms with Gasteiger partial charge in [0.1, 0.15) is 0 Å². The molecule has 17 heavy (non-hydrogen) atoms. The summed E-state index contributed by atoms with van der Waals surface area (Å²) < 4.78 is 0.709. The van der Waals surface area contributed by atoms with Crippen molar-refractivity contribution in [3.63, 3.8) is 0 Å². The summed E-state index contributed by atoms with van der Waals surface area (Å²) in [7, 11) is 0. The van der Waals surface area contributed by atoms with E-state index in [2.05, 4.69) is 25.9 Å². The molecule has 0 amide bonds. The Hall–Kier alpha value is -1.46. The Morgan fingerprint density at radius 1 is 1.35 bits per heavy atom. The van der Waals surface area contributed by atoms with Gasteiger partial charge >= 0.3 is 5.97 Å². The molecule has 0 saturated heterocycles. The minimum atomic E-state index is -1.08. The highest BCUT2D eigenvalue weighted by Gasteiger charge is 2.08. The van der Waals surface area contributed by atoms with Gasteiger partial charge in [-0.3, -0.25) is 0 Å². The Bertz CT molecular complexity index is 589. The predicted molar refractivity (Wildman–Crippen MR) is 67.1 cm³/mol. The van der Waals surface area contributed by atoms with Crippen molar-refractivity contribution >= 4 is 33.5 Å². The van der Waals surface area contributed by atoms with Gasteiger partial charge in [-0.05, 0) is 40.2 Å². The zero-order valence-corrected chi connectivity index (χ0v) is 10.7. The van der Waals surface area contributed by atoms with E-state index in [9.17, 15) is 4.79 Å². The molecule has 0 fully saturated rings. The molecule has 2 aromatic rings. The summed E-state index contributed by atoms with van der Waals surface area (Å²) in [5, 5.41) is 9.41. The monoisotopic (exact) mass is 312 g/mol. The van der Waals surface area contributed by atoms with Crippen LogP contribution < -0.4 is 0 Å². The second-order valence-electron chi connectivity index (χ2n) is 3.20. The molecule has 0 aliphatic carbocycles. The molecule has 2 rings (SSSR count). The number of carboxylic acid groups (broad SMARTS) is 1. The third kappa shape index (κ3) is 2.62. The number of nitrogens with zero attached hydrogens (tertiary/aromatic N) is 2. The van der Waals surface area contributed by atoms with Gasteiger partial charge in [-0.25, -0.2) is 14.8 Å². The van der Waals surface area contributed by atoms with E-state index in [0.717, 1.165) is 0 Å². The molecule has 1 heterocycles. The Kier molecular flexibility index (Phi) is 3.40. The lowest BCUT2D eigenvalue weighted by Crippen LogP contribution is -2.02. The van der Waals surface area contributed by atoms with Gasteiger partial charge in [0, 0.05) is 16.2 Å². The molecule has 0 bridgehead atoms. The van der Waals surface area contributed by atoms with Crippen molar-refractivity contribution in [3.8, 4) is 11.4 Å². The third-order valence-electron chi connectivity index (χ3n) is 2.05. The minimum Gasteiger partial charge on any atom is -0.477 e. The van der Waals surface area contributed by atoms with Crippen molar-refractivity contribution in [3.05, 3.63) is 45.7 Å². The van der Waals surface area contributed by atoms with E-state index in [4.69, 9.17) is 16.7 Å². The molecule has 4 nitrogen and oxygen atoms in total. The van der Waals surface area contributed by atoms with Crippen LogP contribution >= 0.6 is 27.5 Å². The number of aromatic carboxylic acids is 1. The highest BCUT2D eigenvalue weighted by molar-refractivity contribution is 9.10. The van der Waals surface area contributed by atoms with E-state index >= 15 is 0 Å². The number of benzene rings is 1. The first-order chi connectivity index (χ1) is 8.08. The van der Waals surface area contributed by atoms with Crippen molar-refractivity contribution in [1.29, 1.82) is 0 Å². The number of halogens is 2. The number of hydrogen-bond donors (Lipinski definition) is 1. The van der Waals surface area contributed by atoms with Gasteiger partial charge in [0.15, 0.2) is 11.5 Å². The van der Waals surface area contributed by atoms with Crippen LogP contribution in [0.25, 0.3) is 11.4 Å². The lowest BCUT2D eigenvalue weighted by Gasteiger charge is -2.02. The van der Waals surface area contributed by atoms with Crippen LogP contribution in [0.2, 0.25) is 5.02 Å². The van der Waals surface area contributed by atoms with Crippen molar-refractivity contribution < 1.29 is 9.90 Å². The largest absolute Gasteiger partial charge is 0.477 e. The molecule has 86 valence electrons. The van der Waals surface area contributed by atoms with Crippen molar-refractivity contribution in [2.45, 2.75) is 0 Å². The fourth-order valence-corrected chi connectivity index (χ4v) is 1.75. The average molecular weight is 314 g/mol. The SMILES string of the molecule is O=C(O)c1ccnc(-c2ccc(Cl)c(Br)c2)n1. The van der Waals surface area contributed by atoms with E-state index in [0.29, 0.717) is 20.9 Å². The number of hydrogen-bond acceptors (Lipinski definition) is 3. The maximum Gasteiger partial charge on any atom is 0.354 e. The van der Waals surface area contributed by atoms with Crippen LogP contribution in [-0.4, -0.2) is 21.0 Å². The van der Waals surface area contributed by atoms with Gasteiger partial charge in [0.05, 0.1) is 5.02 Å². The smallest absolute Gasteiger partial charge is 0.354 e. The maximum atomic E-state index is 10.8. The van der Waals surface area contributed by atoms with Gasteiger partial charge in [0.2, 0.25) is 0 Å². The summed E-state index contributed by atoms with van der Waals surface area (Å²) in [5.41, 5.74) is 0.658. The van der Waals surface area contributed by atoms with E-state index in [1.807, 2.05) is 0 Å². The van der Waals surface area contributed by atoms with Crippen LogP contribution in [0.5, 0.6) is 0 Å².